The molecule has 0 radical (unpaired) electrons. The zero-order valence-corrected chi connectivity index (χ0v) is 16.7. The number of nitrogens with two attached hydrogens (primary N) is 1. The first-order chi connectivity index (χ1) is 12.3. The summed E-state index contributed by atoms with van der Waals surface area (Å²) in [5, 5.41) is 13.7. The molecule has 1 aliphatic heterocycles. The number of hydrogen-bond acceptors (Lipinski definition) is 6. The molecule has 0 bridgehead atoms. The van der Waals surface area contributed by atoms with Crippen molar-refractivity contribution in [2.75, 3.05) is 6.54 Å². The number of hydrogen-bond donors (Lipinski definition) is 2. The van der Waals surface area contributed by atoms with Crippen LogP contribution in [0.2, 0.25) is 6.32 Å². The standard InChI is InChI=1S/C17H30BN3O6/c1-11(22)20-17(14(19)23)8-12(13(9-17)10-21(24)25)6-7-18-26-15(2,3)16(4,5)27-18/h12-13H,6-10H2,1-5H3,(H2,19,23)(H,20,22)/t12-,13+,17+/m0/s1. The zero-order chi connectivity index (χ0) is 20.6. The number of nitro groups is 1. The molecule has 152 valence electrons. The molecule has 3 atom stereocenters. The van der Waals surface area contributed by atoms with Crippen LogP contribution in [0.4, 0.5) is 0 Å². The lowest BCUT2D eigenvalue weighted by Gasteiger charge is -2.32. The van der Waals surface area contributed by atoms with Gasteiger partial charge in [0.2, 0.25) is 18.4 Å². The molecule has 2 amide bonds. The van der Waals surface area contributed by atoms with Gasteiger partial charge in [0.15, 0.2) is 0 Å². The molecule has 3 N–H and O–H groups in total. The van der Waals surface area contributed by atoms with Crippen molar-refractivity contribution in [3.8, 4) is 0 Å². The Hall–Kier alpha value is -1.68. The predicted molar refractivity (Wildman–Crippen MR) is 99.3 cm³/mol. The highest BCUT2D eigenvalue weighted by atomic mass is 16.7. The second-order valence-corrected chi connectivity index (χ2v) is 8.83. The lowest BCUT2D eigenvalue weighted by Crippen LogP contribution is -2.55. The number of primary amides is 1. The smallest absolute Gasteiger partial charge is 0.403 e. The van der Waals surface area contributed by atoms with Gasteiger partial charge in [-0.1, -0.05) is 6.42 Å². The molecule has 1 saturated heterocycles. The monoisotopic (exact) mass is 383 g/mol. The maximum Gasteiger partial charge on any atom is 0.457 e. The quantitative estimate of drug-likeness (QED) is 0.385. The lowest BCUT2D eigenvalue weighted by atomic mass is 9.77. The van der Waals surface area contributed by atoms with Crippen LogP contribution in [0.1, 0.15) is 53.9 Å². The third kappa shape index (κ3) is 4.60. The van der Waals surface area contributed by atoms with E-state index in [1.807, 2.05) is 27.7 Å². The molecule has 0 spiro atoms. The maximum absolute atomic E-state index is 12.1. The molecule has 0 unspecified atom stereocenters. The normalized spacial score (nSPS) is 31.7. The predicted octanol–water partition coefficient (Wildman–Crippen LogP) is 1.13. The van der Waals surface area contributed by atoms with Crippen LogP contribution in [0.3, 0.4) is 0 Å². The zero-order valence-electron chi connectivity index (χ0n) is 16.7. The second-order valence-electron chi connectivity index (χ2n) is 8.83. The summed E-state index contributed by atoms with van der Waals surface area (Å²) in [4.78, 5) is 34.3. The summed E-state index contributed by atoms with van der Waals surface area (Å²) < 4.78 is 12.0. The Morgan fingerprint density at radius 2 is 1.70 bits per heavy atom. The van der Waals surface area contributed by atoms with E-state index in [0.717, 1.165) is 0 Å². The van der Waals surface area contributed by atoms with Crippen LogP contribution in [0.15, 0.2) is 0 Å². The maximum atomic E-state index is 12.1. The van der Waals surface area contributed by atoms with E-state index in [4.69, 9.17) is 15.0 Å². The van der Waals surface area contributed by atoms with Crippen LogP contribution >= 0.6 is 0 Å². The fourth-order valence-electron chi connectivity index (χ4n) is 4.19. The Morgan fingerprint density at radius 3 is 2.15 bits per heavy atom. The van der Waals surface area contributed by atoms with E-state index in [1.54, 1.807) is 0 Å². The van der Waals surface area contributed by atoms with Gasteiger partial charge in [-0.15, -0.1) is 0 Å². The Labute approximate surface area is 160 Å². The minimum absolute atomic E-state index is 0.131. The molecule has 27 heavy (non-hydrogen) atoms. The van der Waals surface area contributed by atoms with Gasteiger partial charge in [-0.2, -0.15) is 0 Å². The summed E-state index contributed by atoms with van der Waals surface area (Å²) >= 11 is 0. The number of nitrogens with one attached hydrogen (secondary N) is 1. The number of amides is 2. The average molecular weight is 383 g/mol. The van der Waals surface area contributed by atoms with Crippen LogP contribution in [-0.4, -0.2) is 47.1 Å². The molecular weight excluding hydrogens is 353 g/mol. The van der Waals surface area contributed by atoms with Crippen molar-refractivity contribution in [3.05, 3.63) is 10.1 Å². The van der Waals surface area contributed by atoms with Crippen molar-refractivity contribution in [3.63, 3.8) is 0 Å². The van der Waals surface area contributed by atoms with E-state index in [2.05, 4.69) is 5.32 Å². The van der Waals surface area contributed by atoms with Crippen molar-refractivity contribution < 1.29 is 23.8 Å². The molecule has 2 aliphatic rings. The average Bonchev–Trinajstić information content (AvgIpc) is 2.90. The van der Waals surface area contributed by atoms with E-state index in [9.17, 15) is 19.7 Å². The van der Waals surface area contributed by atoms with E-state index in [1.165, 1.54) is 6.92 Å². The highest BCUT2D eigenvalue weighted by Crippen LogP contribution is 2.44. The molecule has 0 aromatic carbocycles. The van der Waals surface area contributed by atoms with Gasteiger partial charge in [0.1, 0.15) is 5.54 Å². The van der Waals surface area contributed by atoms with Gasteiger partial charge >= 0.3 is 7.12 Å². The van der Waals surface area contributed by atoms with Crippen LogP contribution in [0.25, 0.3) is 0 Å². The number of nitrogens with zero attached hydrogens (tertiary/aromatic N) is 1. The van der Waals surface area contributed by atoms with Crippen molar-refractivity contribution >= 4 is 18.9 Å². The van der Waals surface area contributed by atoms with Gasteiger partial charge in [-0.3, -0.25) is 19.7 Å². The van der Waals surface area contributed by atoms with Gasteiger partial charge in [0, 0.05) is 17.8 Å². The first kappa shape index (κ1) is 21.6. The van der Waals surface area contributed by atoms with Gasteiger partial charge in [-0.05, 0) is 52.8 Å². The molecule has 10 heteroatoms. The number of carbonyl (C=O) groups excluding carboxylic acids is 2. The van der Waals surface area contributed by atoms with Crippen LogP contribution in [0, 0.1) is 22.0 Å². The first-order valence-corrected chi connectivity index (χ1v) is 9.34. The van der Waals surface area contributed by atoms with E-state index < -0.39 is 29.8 Å². The fourth-order valence-corrected chi connectivity index (χ4v) is 4.19. The summed E-state index contributed by atoms with van der Waals surface area (Å²) in [6.45, 7) is 8.91. The van der Waals surface area contributed by atoms with Crippen molar-refractivity contribution in [2.24, 2.45) is 17.6 Å². The third-order valence-electron chi connectivity index (χ3n) is 6.23. The summed E-state index contributed by atoms with van der Waals surface area (Å²) in [6, 6.07) is 0. The Balaban J connectivity index is 2.10. The van der Waals surface area contributed by atoms with E-state index >= 15 is 0 Å². The van der Waals surface area contributed by atoms with Crippen LogP contribution < -0.4 is 11.1 Å². The molecule has 0 aromatic rings. The minimum Gasteiger partial charge on any atom is -0.403 e. The van der Waals surface area contributed by atoms with Gasteiger partial charge in [-0.25, -0.2) is 0 Å². The lowest BCUT2D eigenvalue weighted by molar-refractivity contribution is -0.489. The second kappa shape index (κ2) is 7.39. The highest BCUT2D eigenvalue weighted by Gasteiger charge is 2.53. The molecule has 1 saturated carbocycles. The molecule has 2 rings (SSSR count). The molecule has 2 fully saturated rings. The van der Waals surface area contributed by atoms with Crippen molar-refractivity contribution in [2.45, 2.75) is 76.9 Å². The highest BCUT2D eigenvalue weighted by molar-refractivity contribution is 6.45. The summed E-state index contributed by atoms with van der Waals surface area (Å²) in [6.07, 6.45) is 1.61. The third-order valence-corrected chi connectivity index (χ3v) is 6.23. The van der Waals surface area contributed by atoms with Crippen LogP contribution in [0.5, 0.6) is 0 Å². The largest absolute Gasteiger partial charge is 0.457 e. The van der Waals surface area contributed by atoms with E-state index in [0.29, 0.717) is 19.2 Å². The number of carbonyl (C=O) groups is 2. The topological polar surface area (TPSA) is 134 Å². The molecule has 1 heterocycles. The SMILES string of the molecule is CC(=O)N[C@]1(C(N)=O)C[C@H](CCB2OC(C)(C)C(C)(C)O2)[C@@H](C[N+](=O)[O-])C1. The van der Waals surface area contributed by atoms with Gasteiger partial charge < -0.3 is 20.4 Å². The van der Waals surface area contributed by atoms with Crippen LogP contribution in [-0.2, 0) is 18.9 Å². The van der Waals surface area contributed by atoms with Crippen molar-refractivity contribution in [1.82, 2.24) is 5.32 Å². The number of rotatable bonds is 7. The molecule has 1 aliphatic carbocycles. The Bertz CT molecular complexity index is 610. The van der Waals surface area contributed by atoms with Gasteiger partial charge in [0.25, 0.3) is 0 Å². The summed E-state index contributed by atoms with van der Waals surface area (Å²) in [7, 11) is -0.407. The van der Waals surface area contributed by atoms with Gasteiger partial charge in [0.05, 0.1) is 11.2 Å². The Morgan fingerprint density at radius 1 is 1.19 bits per heavy atom. The minimum atomic E-state index is -1.23. The summed E-state index contributed by atoms with van der Waals surface area (Å²) in [5.74, 6) is -1.50. The fraction of sp³-hybridized carbons (Fsp3) is 0.882. The summed E-state index contributed by atoms with van der Waals surface area (Å²) in [5.41, 5.74) is 3.44. The Kier molecular flexibility index (Phi) is 5.92. The molecule has 9 nitrogen and oxygen atoms in total. The molecular formula is C17H30BN3O6. The van der Waals surface area contributed by atoms with Crippen molar-refractivity contribution in [1.29, 1.82) is 0 Å². The van der Waals surface area contributed by atoms with E-state index in [-0.39, 0.29) is 35.6 Å². The molecule has 0 aromatic heterocycles. The first-order valence-electron chi connectivity index (χ1n) is 9.34.